The van der Waals surface area contributed by atoms with E-state index >= 15 is 0 Å². The largest absolute Gasteiger partial charge is 0.354 e. The second-order valence-electron chi connectivity index (χ2n) is 11.2. The van der Waals surface area contributed by atoms with Crippen LogP contribution in [0.1, 0.15) is 36.1 Å². The van der Waals surface area contributed by atoms with Gasteiger partial charge < -0.3 is 10.2 Å². The molecular weight excluding hydrogens is 607 g/mol. The number of nitrogens with one attached hydrogen (secondary N) is 1. The lowest BCUT2D eigenvalue weighted by Gasteiger charge is -2.35. The molecule has 0 heterocycles. The first-order valence-corrected chi connectivity index (χ1v) is 16.2. The first-order valence-electron chi connectivity index (χ1n) is 14.0. The smallest absolute Gasteiger partial charge is 0.304 e. The number of amides is 2. The maximum Gasteiger partial charge on any atom is 0.304 e. The number of hydrogen-bond donors (Lipinski definition) is 1. The van der Waals surface area contributed by atoms with E-state index in [1.165, 1.54) is 19.0 Å². The van der Waals surface area contributed by atoms with Gasteiger partial charge in [-0.1, -0.05) is 85.6 Å². The Labute approximate surface area is 265 Å². The summed E-state index contributed by atoms with van der Waals surface area (Å²) in [7, 11) is -1.26. The molecule has 2 amide bonds. The van der Waals surface area contributed by atoms with Crippen molar-refractivity contribution in [1.82, 2.24) is 14.5 Å². The third kappa shape index (κ3) is 9.19. The standard InChI is InChI=1S/C32H40Cl2N4O4S/c1-22(2)19-35-32(40)30(17-25-10-8-7-9-11-25)37(20-26-14-15-27(33)18-28(26)34)31(39)21-38(43(41,42)36(5)6)29-16-23(3)12-13-24(29)4/h7-16,18,22,30H,17,19-21H2,1-6H3,(H,35,40)/t30-/m0/s1. The lowest BCUT2D eigenvalue weighted by Crippen LogP contribution is -2.54. The highest BCUT2D eigenvalue weighted by molar-refractivity contribution is 7.90. The highest BCUT2D eigenvalue weighted by Crippen LogP contribution is 2.28. The number of carbonyl (C=O) groups excluding carboxylic acids is 2. The fourth-order valence-electron chi connectivity index (χ4n) is 4.50. The first-order chi connectivity index (χ1) is 20.2. The zero-order valence-electron chi connectivity index (χ0n) is 25.5. The first kappa shape index (κ1) is 34.4. The minimum absolute atomic E-state index is 0.0376. The summed E-state index contributed by atoms with van der Waals surface area (Å²) in [6.07, 6.45) is 0.214. The Morgan fingerprint density at radius 3 is 2.21 bits per heavy atom. The summed E-state index contributed by atoms with van der Waals surface area (Å²) in [4.78, 5) is 29.6. The second kappa shape index (κ2) is 15.1. The highest BCUT2D eigenvalue weighted by Gasteiger charge is 2.35. The number of halogens is 2. The van der Waals surface area contributed by atoms with Crippen LogP contribution in [0, 0.1) is 19.8 Å². The third-order valence-electron chi connectivity index (χ3n) is 6.96. The van der Waals surface area contributed by atoms with Gasteiger partial charge in [-0.25, -0.2) is 4.31 Å². The molecule has 43 heavy (non-hydrogen) atoms. The van der Waals surface area contributed by atoms with Crippen molar-refractivity contribution in [2.75, 3.05) is 31.5 Å². The number of rotatable bonds is 13. The molecule has 0 aliphatic heterocycles. The molecule has 0 unspecified atom stereocenters. The maximum absolute atomic E-state index is 14.4. The Bertz CT molecular complexity index is 1530. The molecule has 0 aromatic heterocycles. The molecule has 0 radical (unpaired) electrons. The van der Waals surface area contributed by atoms with E-state index < -0.39 is 28.7 Å². The maximum atomic E-state index is 14.4. The number of benzene rings is 3. The normalized spacial score (nSPS) is 12.3. The molecule has 0 saturated carbocycles. The lowest BCUT2D eigenvalue weighted by atomic mass is 10.0. The van der Waals surface area contributed by atoms with Gasteiger partial charge >= 0.3 is 10.2 Å². The fraction of sp³-hybridized carbons (Fsp3) is 0.375. The van der Waals surface area contributed by atoms with E-state index in [2.05, 4.69) is 5.32 Å². The summed E-state index contributed by atoms with van der Waals surface area (Å²) in [5, 5.41) is 3.73. The number of anilines is 1. The van der Waals surface area contributed by atoms with Crippen LogP contribution < -0.4 is 9.62 Å². The predicted octanol–water partition coefficient (Wildman–Crippen LogP) is 5.64. The van der Waals surface area contributed by atoms with Crippen molar-refractivity contribution in [3.8, 4) is 0 Å². The molecule has 0 saturated heterocycles. The summed E-state index contributed by atoms with van der Waals surface area (Å²) in [5.41, 5.74) is 3.33. The molecule has 3 rings (SSSR count). The van der Waals surface area contributed by atoms with Crippen molar-refractivity contribution in [3.63, 3.8) is 0 Å². The molecule has 232 valence electrons. The SMILES string of the molecule is Cc1ccc(C)c(N(CC(=O)N(Cc2ccc(Cl)cc2Cl)[C@@H](Cc2ccccc2)C(=O)NCC(C)C)S(=O)(=O)N(C)C)c1. The van der Waals surface area contributed by atoms with Gasteiger partial charge in [0.15, 0.2) is 0 Å². The highest BCUT2D eigenvalue weighted by atomic mass is 35.5. The van der Waals surface area contributed by atoms with Gasteiger partial charge in [0.1, 0.15) is 12.6 Å². The topological polar surface area (TPSA) is 90.0 Å². The Balaban J connectivity index is 2.15. The fourth-order valence-corrected chi connectivity index (χ4v) is 6.08. The van der Waals surface area contributed by atoms with Gasteiger partial charge in [-0.05, 0) is 60.2 Å². The van der Waals surface area contributed by atoms with E-state index in [1.807, 2.05) is 63.2 Å². The molecule has 0 aliphatic carbocycles. The predicted molar refractivity (Wildman–Crippen MR) is 175 cm³/mol. The van der Waals surface area contributed by atoms with E-state index in [0.29, 0.717) is 33.4 Å². The van der Waals surface area contributed by atoms with Crippen molar-refractivity contribution >= 4 is 50.9 Å². The van der Waals surface area contributed by atoms with Crippen LogP contribution in [0.4, 0.5) is 5.69 Å². The van der Waals surface area contributed by atoms with Crippen molar-refractivity contribution in [3.05, 3.63) is 99.0 Å². The molecule has 11 heteroatoms. The monoisotopic (exact) mass is 646 g/mol. The second-order valence-corrected chi connectivity index (χ2v) is 14.1. The van der Waals surface area contributed by atoms with Crippen LogP contribution in [0.25, 0.3) is 0 Å². The van der Waals surface area contributed by atoms with E-state index in [9.17, 15) is 18.0 Å². The molecule has 1 N–H and O–H groups in total. The summed E-state index contributed by atoms with van der Waals surface area (Å²) in [6, 6.07) is 18.8. The summed E-state index contributed by atoms with van der Waals surface area (Å²) in [5.74, 6) is -0.719. The minimum Gasteiger partial charge on any atom is -0.354 e. The van der Waals surface area contributed by atoms with Gasteiger partial charge in [-0.2, -0.15) is 12.7 Å². The van der Waals surface area contributed by atoms with Crippen molar-refractivity contribution in [2.24, 2.45) is 5.92 Å². The zero-order chi connectivity index (χ0) is 31.9. The molecule has 0 bridgehead atoms. The average molecular weight is 648 g/mol. The summed E-state index contributed by atoms with van der Waals surface area (Å²) in [6.45, 7) is 7.46. The Kier molecular flexibility index (Phi) is 12.0. The molecule has 3 aromatic rings. The Morgan fingerprint density at radius 1 is 0.930 bits per heavy atom. The zero-order valence-corrected chi connectivity index (χ0v) is 27.8. The molecular formula is C32H40Cl2N4O4S. The van der Waals surface area contributed by atoms with Gasteiger partial charge in [0.05, 0.1) is 5.69 Å². The Morgan fingerprint density at radius 2 is 1.60 bits per heavy atom. The van der Waals surface area contributed by atoms with Crippen molar-refractivity contribution in [2.45, 2.75) is 46.7 Å². The van der Waals surface area contributed by atoms with Crippen LogP contribution in [0.5, 0.6) is 0 Å². The van der Waals surface area contributed by atoms with Gasteiger partial charge in [0.25, 0.3) is 0 Å². The molecule has 8 nitrogen and oxygen atoms in total. The molecule has 0 spiro atoms. The van der Waals surface area contributed by atoms with Gasteiger partial charge in [-0.15, -0.1) is 0 Å². The lowest BCUT2D eigenvalue weighted by molar-refractivity contribution is -0.140. The van der Waals surface area contributed by atoms with Crippen molar-refractivity contribution in [1.29, 1.82) is 0 Å². The van der Waals surface area contributed by atoms with E-state index in [1.54, 1.807) is 31.2 Å². The van der Waals surface area contributed by atoms with E-state index in [0.717, 1.165) is 19.7 Å². The van der Waals surface area contributed by atoms with Crippen LogP contribution in [-0.2, 0) is 32.8 Å². The van der Waals surface area contributed by atoms with Gasteiger partial charge in [0.2, 0.25) is 11.8 Å². The average Bonchev–Trinajstić information content (AvgIpc) is 2.95. The summed E-state index contributed by atoms with van der Waals surface area (Å²) >= 11 is 12.7. The van der Waals surface area contributed by atoms with Crippen LogP contribution >= 0.6 is 23.2 Å². The quantitative estimate of drug-likeness (QED) is 0.260. The molecule has 3 aromatic carbocycles. The van der Waals surface area contributed by atoms with Gasteiger partial charge in [0, 0.05) is 43.7 Å². The van der Waals surface area contributed by atoms with Crippen LogP contribution in [0.15, 0.2) is 66.7 Å². The van der Waals surface area contributed by atoms with Gasteiger partial charge in [-0.3, -0.25) is 9.59 Å². The van der Waals surface area contributed by atoms with Crippen LogP contribution in [0.2, 0.25) is 10.0 Å². The molecule has 0 fully saturated rings. The number of carbonyl (C=O) groups is 2. The number of aryl methyl sites for hydroxylation is 2. The molecule has 0 aliphatic rings. The molecule has 1 atom stereocenters. The summed E-state index contributed by atoms with van der Waals surface area (Å²) < 4.78 is 29.4. The minimum atomic E-state index is -4.10. The van der Waals surface area contributed by atoms with Crippen LogP contribution in [-0.4, -0.2) is 62.7 Å². The van der Waals surface area contributed by atoms with E-state index in [4.69, 9.17) is 23.2 Å². The third-order valence-corrected chi connectivity index (χ3v) is 9.36. The van der Waals surface area contributed by atoms with Crippen molar-refractivity contribution < 1.29 is 18.0 Å². The Hall–Kier alpha value is -3.11. The van der Waals surface area contributed by atoms with E-state index in [-0.39, 0.29) is 24.8 Å². The number of hydrogen-bond acceptors (Lipinski definition) is 4. The number of nitrogens with zero attached hydrogens (tertiary/aromatic N) is 3. The van der Waals surface area contributed by atoms with Crippen LogP contribution in [0.3, 0.4) is 0 Å².